The number of para-hydroxylation sites is 1. The number of benzene rings is 2. The van der Waals surface area contributed by atoms with Crippen LogP contribution < -0.4 is 10.2 Å². The third kappa shape index (κ3) is 4.41. The van der Waals surface area contributed by atoms with E-state index in [4.69, 9.17) is 13.9 Å². The molecule has 7 nitrogen and oxygen atoms in total. The van der Waals surface area contributed by atoms with Gasteiger partial charge >= 0.3 is 5.97 Å². The van der Waals surface area contributed by atoms with Gasteiger partial charge in [-0.15, -0.1) is 0 Å². The van der Waals surface area contributed by atoms with Gasteiger partial charge in [0.1, 0.15) is 23.0 Å². The number of carbonyl (C=O) groups is 2. The van der Waals surface area contributed by atoms with Gasteiger partial charge in [0.25, 0.3) is 0 Å². The normalized spacial score (nSPS) is 17.8. The lowest BCUT2D eigenvalue weighted by molar-refractivity contribution is -0.146. The molecule has 3 aromatic rings. The molecule has 4 rings (SSSR count). The summed E-state index contributed by atoms with van der Waals surface area (Å²) in [7, 11) is 1.53. The van der Waals surface area contributed by atoms with E-state index in [0.29, 0.717) is 50.6 Å². The van der Waals surface area contributed by atoms with E-state index in [1.165, 1.54) is 13.2 Å². The first-order valence-electron chi connectivity index (χ1n) is 11.4. The van der Waals surface area contributed by atoms with Gasteiger partial charge < -0.3 is 13.9 Å². The molecule has 0 spiro atoms. The number of fused-ring (bicyclic) bond motifs is 1. The Hall–Kier alpha value is -4.00. The van der Waals surface area contributed by atoms with Crippen LogP contribution in [-0.4, -0.2) is 31.2 Å². The Balaban J connectivity index is 2.01. The number of esters is 1. The molecule has 0 radical (unpaired) electrons. The number of aryl methyl sites for hydroxylation is 1. The van der Waals surface area contributed by atoms with Gasteiger partial charge in [-0.05, 0) is 45.9 Å². The molecule has 2 unspecified atom stereocenters. The van der Waals surface area contributed by atoms with Crippen LogP contribution in [0.4, 0.5) is 0 Å². The zero-order valence-electron chi connectivity index (χ0n) is 20.4. The van der Waals surface area contributed by atoms with Crippen LogP contribution in [0, 0.1) is 12.8 Å². The summed E-state index contributed by atoms with van der Waals surface area (Å²) in [4.78, 5) is 44.5. The fourth-order valence-electron chi connectivity index (χ4n) is 4.69. The van der Waals surface area contributed by atoms with E-state index in [1.54, 1.807) is 70.2 Å². The Labute approximate surface area is 203 Å². The molecule has 2 atom stereocenters. The predicted molar refractivity (Wildman–Crippen MR) is 133 cm³/mol. The highest BCUT2D eigenvalue weighted by molar-refractivity contribution is 6.14. The summed E-state index contributed by atoms with van der Waals surface area (Å²) >= 11 is 0. The molecular weight excluding hydrogens is 446 g/mol. The van der Waals surface area contributed by atoms with E-state index in [2.05, 4.69) is 4.99 Å². The number of rotatable bonds is 6. The van der Waals surface area contributed by atoms with E-state index in [1.807, 2.05) is 0 Å². The molecule has 0 aliphatic carbocycles. The maximum Gasteiger partial charge on any atom is 0.315 e. The molecule has 0 amide bonds. The second kappa shape index (κ2) is 9.70. The van der Waals surface area contributed by atoms with Crippen LogP contribution in [0.3, 0.4) is 0 Å². The van der Waals surface area contributed by atoms with Gasteiger partial charge in [-0.3, -0.25) is 19.4 Å². The quantitative estimate of drug-likeness (QED) is 0.369. The van der Waals surface area contributed by atoms with Crippen LogP contribution in [0.2, 0.25) is 0 Å². The van der Waals surface area contributed by atoms with Crippen molar-refractivity contribution in [2.45, 2.75) is 33.6 Å². The second-order valence-corrected chi connectivity index (χ2v) is 8.47. The van der Waals surface area contributed by atoms with E-state index < -0.39 is 17.8 Å². The number of ether oxygens (including phenoxy) is 2. The lowest BCUT2D eigenvalue weighted by Crippen LogP contribution is -2.36. The van der Waals surface area contributed by atoms with Gasteiger partial charge in [-0.1, -0.05) is 24.3 Å². The third-order valence-electron chi connectivity index (χ3n) is 6.19. The van der Waals surface area contributed by atoms with Crippen molar-refractivity contribution in [3.05, 3.63) is 86.9 Å². The Kier molecular flexibility index (Phi) is 6.69. The van der Waals surface area contributed by atoms with Crippen molar-refractivity contribution >= 4 is 28.4 Å². The average Bonchev–Trinajstić information content (AvgIpc) is 2.83. The minimum Gasteiger partial charge on any atom is -0.497 e. The number of methoxy groups -OCH3 is 1. The Bertz CT molecular complexity index is 1450. The van der Waals surface area contributed by atoms with Crippen molar-refractivity contribution < 1.29 is 23.5 Å². The van der Waals surface area contributed by atoms with E-state index in [-0.39, 0.29) is 17.8 Å². The van der Waals surface area contributed by atoms with Crippen LogP contribution in [-0.2, 0) is 9.53 Å². The number of allylic oxidation sites excluding steroid dienone is 2. The zero-order chi connectivity index (χ0) is 25.3. The standard InChI is InChI=1S/C28H27NO6/c1-6-34-28(32)24-17(4)29-16(3)23(26(31)18-9-7-10-19(14-18)33-5)25(24)21-12-8-11-20-22(30)13-15(2)35-27(20)21/h7-14,24-25H,6H2,1-5H3. The largest absolute Gasteiger partial charge is 0.497 e. The highest BCUT2D eigenvalue weighted by Crippen LogP contribution is 2.43. The molecule has 1 aliphatic rings. The number of nitrogens with zero attached hydrogens (tertiary/aromatic N) is 1. The molecule has 1 aliphatic heterocycles. The van der Waals surface area contributed by atoms with E-state index >= 15 is 0 Å². The van der Waals surface area contributed by atoms with Crippen molar-refractivity contribution in [1.29, 1.82) is 0 Å². The van der Waals surface area contributed by atoms with E-state index in [9.17, 15) is 14.4 Å². The maximum absolute atomic E-state index is 13.9. The zero-order valence-corrected chi connectivity index (χ0v) is 20.4. The molecule has 0 bridgehead atoms. The topological polar surface area (TPSA) is 95.2 Å². The second-order valence-electron chi connectivity index (χ2n) is 8.47. The molecule has 35 heavy (non-hydrogen) atoms. The molecule has 1 aromatic heterocycles. The monoisotopic (exact) mass is 473 g/mol. The lowest BCUT2D eigenvalue weighted by Gasteiger charge is -2.32. The number of aliphatic imine (C=N–C) groups is 1. The highest BCUT2D eigenvalue weighted by atomic mass is 16.5. The van der Waals surface area contributed by atoms with Crippen molar-refractivity contribution in [3.63, 3.8) is 0 Å². The van der Waals surface area contributed by atoms with Crippen LogP contribution in [0.15, 0.2) is 74.0 Å². The van der Waals surface area contributed by atoms with Crippen molar-refractivity contribution in [2.75, 3.05) is 13.7 Å². The summed E-state index contributed by atoms with van der Waals surface area (Å²) in [5, 5.41) is 0.377. The van der Waals surface area contributed by atoms with Crippen molar-refractivity contribution in [1.82, 2.24) is 0 Å². The maximum atomic E-state index is 13.9. The molecule has 2 heterocycles. The minimum atomic E-state index is -0.861. The molecule has 0 N–H and O–H groups in total. The fraction of sp³-hybridized carbons (Fsp3) is 0.286. The van der Waals surface area contributed by atoms with Crippen LogP contribution in [0.5, 0.6) is 5.75 Å². The SMILES string of the molecule is CCOC(=O)C1C(C)=NC(C)=C(C(=O)c2cccc(OC)c2)C1c1cccc2c(=O)cc(C)oc12. The number of ketones is 1. The van der Waals surface area contributed by atoms with Gasteiger partial charge in [0.05, 0.1) is 19.1 Å². The number of hydrogen-bond acceptors (Lipinski definition) is 7. The van der Waals surface area contributed by atoms with Crippen LogP contribution >= 0.6 is 0 Å². The summed E-state index contributed by atoms with van der Waals surface area (Å²) < 4.78 is 16.7. The molecular formula is C28H27NO6. The Morgan fingerprint density at radius 3 is 2.51 bits per heavy atom. The molecule has 7 heteroatoms. The number of Topliss-reactive ketones (excluding diaryl/α,β-unsaturated/α-hetero) is 1. The molecule has 180 valence electrons. The van der Waals surface area contributed by atoms with Crippen LogP contribution in [0.25, 0.3) is 11.0 Å². The third-order valence-corrected chi connectivity index (χ3v) is 6.19. The lowest BCUT2D eigenvalue weighted by atomic mass is 9.73. The van der Waals surface area contributed by atoms with Gasteiger partial charge in [0.15, 0.2) is 11.2 Å². The first kappa shape index (κ1) is 24.1. The van der Waals surface area contributed by atoms with Gasteiger partial charge in [-0.2, -0.15) is 0 Å². The summed E-state index contributed by atoms with van der Waals surface area (Å²) in [5.41, 5.74) is 2.47. The predicted octanol–water partition coefficient (Wildman–Crippen LogP) is 5.00. The van der Waals surface area contributed by atoms with Gasteiger partial charge in [-0.25, -0.2) is 0 Å². The average molecular weight is 474 g/mol. The first-order valence-corrected chi connectivity index (χ1v) is 11.4. The summed E-state index contributed by atoms with van der Waals surface area (Å²) in [6.07, 6.45) is 0. The number of carbonyl (C=O) groups excluding carboxylic acids is 2. The summed E-state index contributed by atoms with van der Waals surface area (Å²) in [5.74, 6) is -1.43. The first-order chi connectivity index (χ1) is 16.8. The van der Waals surface area contributed by atoms with Crippen LogP contribution in [0.1, 0.15) is 48.4 Å². The Morgan fingerprint density at radius 1 is 1.06 bits per heavy atom. The molecule has 2 aromatic carbocycles. The van der Waals surface area contributed by atoms with Crippen molar-refractivity contribution in [2.24, 2.45) is 10.9 Å². The summed E-state index contributed by atoms with van der Waals surface area (Å²) in [6, 6.07) is 13.4. The highest BCUT2D eigenvalue weighted by Gasteiger charge is 2.43. The van der Waals surface area contributed by atoms with Gasteiger partial charge in [0.2, 0.25) is 0 Å². The summed E-state index contributed by atoms with van der Waals surface area (Å²) in [6.45, 7) is 7.10. The fourth-order valence-corrected chi connectivity index (χ4v) is 4.69. The molecule has 0 saturated carbocycles. The Morgan fingerprint density at radius 2 is 1.80 bits per heavy atom. The van der Waals surface area contributed by atoms with Crippen molar-refractivity contribution in [3.8, 4) is 5.75 Å². The number of hydrogen-bond donors (Lipinski definition) is 0. The smallest absolute Gasteiger partial charge is 0.315 e. The molecule has 0 fully saturated rings. The minimum absolute atomic E-state index is 0.181. The van der Waals surface area contributed by atoms with E-state index in [0.717, 1.165) is 0 Å². The van der Waals surface area contributed by atoms with Gasteiger partial charge in [0, 0.05) is 40.1 Å². The molecule has 0 saturated heterocycles.